The molecule has 0 heterocycles. The Morgan fingerprint density at radius 3 is 2.45 bits per heavy atom. The summed E-state index contributed by atoms with van der Waals surface area (Å²) in [6, 6.07) is -0.942. The molecule has 0 saturated carbocycles. The summed E-state index contributed by atoms with van der Waals surface area (Å²) >= 11 is 0. The first-order valence-corrected chi connectivity index (χ1v) is 3.55. The number of aliphatic hydroxyl groups is 2. The van der Waals surface area contributed by atoms with Crippen LogP contribution in [-0.4, -0.2) is 33.9 Å². The standard InChI is InChI=1S/C6H13NO4/c1-2-5(7(10)11)6(9)3-4-8/h5-6,8-9H,2-4H2,1H3. The highest BCUT2D eigenvalue weighted by Gasteiger charge is 2.26. The van der Waals surface area contributed by atoms with E-state index >= 15 is 0 Å². The highest BCUT2D eigenvalue weighted by atomic mass is 16.6. The van der Waals surface area contributed by atoms with Gasteiger partial charge in [-0.2, -0.15) is 0 Å². The third-order valence-corrected chi connectivity index (χ3v) is 1.56. The van der Waals surface area contributed by atoms with Crippen molar-refractivity contribution in [3.8, 4) is 0 Å². The quantitative estimate of drug-likeness (QED) is 0.433. The normalized spacial score (nSPS) is 15.9. The Bertz CT molecular complexity index is 128. The largest absolute Gasteiger partial charge is 0.396 e. The Kier molecular flexibility index (Phi) is 4.72. The van der Waals surface area contributed by atoms with Crippen molar-refractivity contribution in [2.45, 2.75) is 31.9 Å². The van der Waals surface area contributed by atoms with Gasteiger partial charge in [0.05, 0.1) is 0 Å². The average molecular weight is 163 g/mol. The molecule has 5 heteroatoms. The van der Waals surface area contributed by atoms with E-state index in [0.717, 1.165) is 0 Å². The summed E-state index contributed by atoms with van der Waals surface area (Å²) < 4.78 is 0. The minimum Gasteiger partial charge on any atom is -0.396 e. The number of hydrogen-bond donors (Lipinski definition) is 2. The van der Waals surface area contributed by atoms with Gasteiger partial charge in [0, 0.05) is 24.4 Å². The lowest BCUT2D eigenvalue weighted by Gasteiger charge is -2.12. The van der Waals surface area contributed by atoms with Crippen LogP contribution < -0.4 is 0 Å². The van der Waals surface area contributed by atoms with Gasteiger partial charge in [0.15, 0.2) is 0 Å². The van der Waals surface area contributed by atoms with Crippen LogP contribution in [0.4, 0.5) is 0 Å². The van der Waals surface area contributed by atoms with Crippen LogP contribution in [0.2, 0.25) is 0 Å². The molecule has 0 rings (SSSR count). The fourth-order valence-electron chi connectivity index (χ4n) is 0.886. The van der Waals surface area contributed by atoms with Crippen molar-refractivity contribution in [1.29, 1.82) is 0 Å². The highest BCUT2D eigenvalue weighted by molar-refractivity contribution is 4.65. The van der Waals surface area contributed by atoms with Crippen LogP contribution in [0.25, 0.3) is 0 Å². The fourth-order valence-corrected chi connectivity index (χ4v) is 0.886. The van der Waals surface area contributed by atoms with E-state index in [1.54, 1.807) is 6.92 Å². The van der Waals surface area contributed by atoms with Crippen LogP contribution in [0.1, 0.15) is 19.8 Å². The van der Waals surface area contributed by atoms with Gasteiger partial charge in [-0.25, -0.2) is 0 Å². The predicted octanol–water partition coefficient (Wildman–Crippen LogP) is -0.215. The second-order valence-electron chi connectivity index (χ2n) is 2.34. The minimum atomic E-state index is -1.03. The van der Waals surface area contributed by atoms with Gasteiger partial charge in [-0.05, 0) is 0 Å². The Morgan fingerprint density at radius 1 is 1.64 bits per heavy atom. The summed E-state index contributed by atoms with van der Waals surface area (Å²) in [5.41, 5.74) is 0. The van der Waals surface area contributed by atoms with E-state index in [4.69, 9.17) is 10.2 Å². The Balaban J connectivity index is 3.91. The third kappa shape index (κ3) is 3.29. The van der Waals surface area contributed by atoms with E-state index in [1.165, 1.54) is 0 Å². The zero-order valence-electron chi connectivity index (χ0n) is 6.43. The molecule has 2 atom stereocenters. The first-order valence-electron chi connectivity index (χ1n) is 3.55. The van der Waals surface area contributed by atoms with E-state index in [9.17, 15) is 10.1 Å². The Hall–Kier alpha value is -0.680. The minimum absolute atomic E-state index is 0.0689. The van der Waals surface area contributed by atoms with Crippen molar-refractivity contribution in [3.63, 3.8) is 0 Å². The molecule has 0 amide bonds. The molecule has 0 aliphatic heterocycles. The molecule has 0 saturated heterocycles. The number of hydrogen-bond acceptors (Lipinski definition) is 4. The van der Waals surface area contributed by atoms with Gasteiger partial charge in [-0.15, -0.1) is 0 Å². The van der Waals surface area contributed by atoms with E-state index in [-0.39, 0.29) is 19.4 Å². The van der Waals surface area contributed by atoms with Gasteiger partial charge < -0.3 is 10.2 Å². The fraction of sp³-hybridized carbons (Fsp3) is 1.00. The molecule has 0 aromatic rings. The van der Waals surface area contributed by atoms with Crippen molar-refractivity contribution >= 4 is 0 Å². The van der Waals surface area contributed by atoms with E-state index in [1.807, 2.05) is 0 Å². The van der Waals surface area contributed by atoms with Gasteiger partial charge in [0.1, 0.15) is 6.10 Å². The first-order chi connectivity index (χ1) is 5.13. The van der Waals surface area contributed by atoms with Crippen molar-refractivity contribution in [3.05, 3.63) is 10.1 Å². The lowest BCUT2D eigenvalue weighted by Crippen LogP contribution is -2.33. The molecular weight excluding hydrogens is 150 g/mol. The molecule has 66 valence electrons. The molecule has 0 aromatic heterocycles. The SMILES string of the molecule is CCC(C(O)CCO)[N+](=O)[O-]. The molecule has 2 N–H and O–H groups in total. The van der Waals surface area contributed by atoms with E-state index in [0.29, 0.717) is 0 Å². The monoisotopic (exact) mass is 163 g/mol. The summed E-state index contributed by atoms with van der Waals surface area (Å²) in [6.45, 7) is 1.42. The molecule has 0 aliphatic rings. The average Bonchev–Trinajstić information content (AvgIpc) is 1.88. The maximum Gasteiger partial charge on any atom is 0.238 e. The predicted molar refractivity (Wildman–Crippen MR) is 38.8 cm³/mol. The van der Waals surface area contributed by atoms with Crippen molar-refractivity contribution in [2.24, 2.45) is 0 Å². The van der Waals surface area contributed by atoms with Crippen LogP contribution in [0, 0.1) is 10.1 Å². The second kappa shape index (κ2) is 5.03. The lowest BCUT2D eigenvalue weighted by molar-refractivity contribution is -0.535. The molecule has 0 fully saturated rings. The van der Waals surface area contributed by atoms with E-state index in [2.05, 4.69) is 0 Å². The first kappa shape index (κ1) is 10.3. The molecular formula is C6H13NO4. The van der Waals surface area contributed by atoms with Gasteiger partial charge in [0.25, 0.3) is 0 Å². The Labute approximate surface area is 64.8 Å². The summed E-state index contributed by atoms with van der Waals surface area (Å²) in [5.74, 6) is 0. The molecule has 0 radical (unpaired) electrons. The van der Waals surface area contributed by atoms with Crippen molar-refractivity contribution in [2.75, 3.05) is 6.61 Å². The van der Waals surface area contributed by atoms with Crippen LogP contribution in [-0.2, 0) is 0 Å². The molecule has 0 aromatic carbocycles. The summed E-state index contributed by atoms with van der Waals surface area (Å²) in [4.78, 5) is 9.70. The van der Waals surface area contributed by atoms with Gasteiger partial charge in [-0.3, -0.25) is 10.1 Å². The second-order valence-corrected chi connectivity index (χ2v) is 2.34. The zero-order valence-corrected chi connectivity index (χ0v) is 6.43. The number of nitrogens with zero attached hydrogens (tertiary/aromatic N) is 1. The topological polar surface area (TPSA) is 83.6 Å². The Morgan fingerprint density at radius 2 is 2.18 bits per heavy atom. The summed E-state index contributed by atoms with van der Waals surface area (Å²) in [6.07, 6.45) is -0.673. The van der Waals surface area contributed by atoms with Gasteiger partial charge >= 0.3 is 0 Å². The van der Waals surface area contributed by atoms with Crippen LogP contribution in [0.15, 0.2) is 0 Å². The highest BCUT2D eigenvalue weighted by Crippen LogP contribution is 2.05. The maximum atomic E-state index is 10.2. The molecule has 5 nitrogen and oxygen atoms in total. The number of aliphatic hydroxyl groups excluding tert-OH is 2. The van der Waals surface area contributed by atoms with E-state index < -0.39 is 17.1 Å². The third-order valence-electron chi connectivity index (χ3n) is 1.56. The van der Waals surface area contributed by atoms with Crippen molar-refractivity contribution < 1.29 is 15.1 Å². The zero-order chi connectivity index (χ0) is 8.85. The van der Waals surface area contributed by atoms with Crippen LogP contribution in [0.5, 0.6) is 0 Å². The van der Waals surface area contributed by atoms with Crippen molar-refractivity contribution in [1.82, 2.24) is 0 Å². The number of nitro groups is 1. The molecule has 11 heavy (non-hydrogen) atoms. The number of rotatable bonds is 5. The molecule has 2 unspecified atom stereocenters. The van der Waals surface area contributed by atoms with Gasteiger partial charge in [0.2, 0.25) is 6.04 Å². The molecule has 0 aliphatic carbocycles. The van der Waals surface area contributed by atoms with Crippen LogP contribution >= 0.6 is 0 Å². The maximum absolute atomic E-state index is 10.2. The molecule has 0 spiro atoms. The molecule has 0 bridgehead atoms. The van der Waals surface area contributed by atoms with Crippen LogP contribution in [0.3, 0.4) is 0 Å². The van der Waals surface area contributed by atoms with Gasteiger partial charge in [-0.1, -0.05) is 6.92 Å². The lowest BCUT2D eigenvalue weighted by atomic mass is 10.1. The smallest absolute Gasteiger partial charge is 0.238 e. The summed E-state index contributed by atoms with van der Waals surface area (Å²) in [5, 5.41) is 27.7. The summed E-state index contributed by atoms with van der Waals surface area (Å²) in [7, 11) is 0.